The van der Waals surface area contributed by atoms with E-state index in [9.17, 15) is 0 Å². The van der Waals surface area contributed by atoms with Crippen LogP contribution < -0.4 is 9.80 Å². The number of fused-ring (bicyclic) bond motifs is 8. The van der Waals surface area contributed by atoms with Crippen LogP contribution in [-0.4, -0.2) is 9.97 Å². The zero-order valence-corrected chi connectivity index (χ0v) is 35.6. The number of nitrogens with zero attached hydrogens (tertiary/aromatic N) is 4. The number of hydrogen-bond acceptors (Lipinski definition) is 7. The van der Waals surface area contributed by atoms with E-state index in [4.69, 9.17) is 18.8 Å². The van der Waals surface area contributed by atoms with Crippen molar-refractivity contribution in [3.63, 3.8) is 0 Å². The van der Waals surface area contributed by atoms with Crippen molar-refractivity contribution in [3.05, 3.63) is 218 Å². The van der Waals surface area contributed by atoms with Crippen molar-refractivity contribution in [2.24, 2.45) is 0 Å². The summed E-state index contributed by atoms with van der Waals surface area (Å²) in [6.45, 7) is 0. The van der Waals surface area contributed by atoms with Gasteiger partial charge in [0.2, 0.25) is 11.8 Å². The van der Waals surface area contributed by atoms with Gasteiger partial charge in [-0.3, -0.25) is 0 Å². The van der Waals surface area contributed by atoms with Crippen LogP contribution in [0.1, 0.15) is 0 Å². The van der Waals surface area contributed by atoms with Crippen molar-refractivity contribution in [1.29, 1.82) is 0 Å². The van der Waals surface area contributed by atoms with Crippen LogP contribution in [0, 0.1) is 0 Å². The van der Waals surface area contributed by atoms with Gasteiger partial charge in [0.05, 0.1) is 5.69 Å². The summed E-state index contributed by atoms with van der Waals surface area (Å²) in [5.74, 6) is 1.21. The third-order valence-electron chi connectivity index (χ3n) is 12.3. The molecule has 7 heteroatoms. The van der Waals surface area contributed by atoms with Crippen molar-refractivity contribution in [3.8, 4) is 22.9 Å². The van der Waals surface area contributed by atoms with Gasteiger partial charge in [-0.25, -0.2) is 9.97 Å². The average molecular weight is 853 g/mol. The molecule has 13 aromatic rings. The van der Waals surface area contributed by atoms with Gasteiger partial charge < -0.3 is 18.6 Å². The molecule has 0 aliphatic carbocycles. The molecule has 0 radical (unpaired) electrons. The number of para-hydroxylation sites is 6. The molecule has 0 N–H and O–H groups in total. The molecule has 0 spiro atoms. The predicted octanol–water partition coefficient (Wildman–Crippen LogP) is 16.9. The highest BCUT2D eigenvalue weighted by molar-refractivity contribution is 7.26. The molecule has 0 saturated heterocycles. The summed E-state index contributed by atoms with van der Waals surface area (Å²) in [6, 6.07) is 76.6. The molecule has 0 unspecified atom stereocenters. The maximum atomic E-state index is 6.20. The molecular formula is C58H36N4O2S. The van der Waals surface area contributed by atoms with Crippen molar-refractivity contribution in [2.75, 3.05) is 9.80 Å². The molecule has 0 amide bonds. The zero-order valence-electron chi connectivity index (χ0n) is 34.8. The van der Waals surface area contributed by atoms with E-state index in [1.807, 2.05) is 59.9 Å². The van der Waals surface area contributed by atoms with Crippen molar-refractivity contribution < 1.29 is 8.83 Å². The Bertz CT molecular complexity index is 3850. The van der Waals surface area contributed by atoms with Crippen LogP contribution in [0.25, 0.3) is 86.8 Å². The largest absolute Gasteiger partial charge is 0.436 e. The van der Waals surface area contributed by atoms with Crippen LogP contribution in [-0.2, 0) is 0 Å². The Morgan fingerprint density at radius 3 is 1.65 bits per heavy atom. The first-order valence-electron chi connectivity index (χ1n) is 21.6. The van der Waals surface area contributed by atoms with Crippen LogP contribution in [0.5, 0.6) is 0 Å². The molecule has 3 aromatic heterocycles. The zero-order chi connectivity index (χ0) is 42.8. The van der Waals surface area contributed by atoms with Gasteiger partial charge in [-0.05, 0) is 132 Å². The first-order chi connectivity index (χ1) is 32.2. The molecule has 0 aliphatic heterocycles. The van der Waals surface area contributed by atoms with E-state index in [1.165, 1.54) is 41.7 Å². The fourth-order valence-corrected chi connectivity index (χ4v) is 10.5. The van der Waals surface area contributed by atoms with E-state index in [2.05, 4.69) is 180 Å². The van der Waals surface area contributed by atoms with Crippen molar-refractivity contribution >= 4 is 109 Å². The van der Waals surface area contributed by atoms with Gasteiger partial charge in [-0.1, -0.05) is 97.1 Å². The van der Waals surface area contributed by atoms with Crippen LogP contribution in [0.15, 0.2) is 227 Å². The fraction of sp³-hybridized carbons (Fsp3) is 0. The second-order valence-corrected chi connectivity index (χ2v) is 17.3. The highest BCUT2D eigenvalue weighted by Crippen LogP contribution is 2.46. The normalized spacial score (nSPS) is 11.7. The Morgan fingerprint density at radius 2 is 0.923 bits per heavy atom. The second-order valence-electron chi connectivity index (χ2n) is 16.2. The standard InChI is InChI=1S/C58H36N4O2S/c1-3-14-41(15-4-1)61(44-18-11-13-39(33-44)58-60-51-21-8-10-24-54(51)64-58)45-30-27-38-35-49-48-32-31-46-47(56(48)65-55(49)36-40(38)34-45)19-12-22-52(46)62(42-16-5-2-6-17-42)43-28-25-37(26-29-43)57-59-50-20-7-9-23-53(50)63-57/h1-36H. The molecule has 306 valence electrons. The number of rotatable bonds is 8. The minimum absolute atomic E-state index is 0.602. The number of anilines is 6. The summed E-state index contributed by atoms with van der Waals surface area (Å²) >= 11 is 1.86. The van der Waals surface area contributed by atoms with E-state index in [1.54, 1.807) is 0 Å². The first kappa shape index (κ1) is 37.1. The second kappa shape index (κ2) is 15.1. The molecule has 3 heterocycles. The Labute approximate surface area is 377 Å². The summed E-state index contributed by atoms with van der Waals surface area (Å²) in [5.41, 5.74) is 11.5. The molecule has 0 saturated carbocycles. The SMILES string of the molecule is c1ccc(N(c2cccc(-c3nc4ccccc4o3)c2)c2ccc3cc4c(cc3c2)sc2c3cccc(N(c5ccccc5)c5ccc(-c6nc7ccccc7o6)cc5)c3ccc42)cc1. The highest BCUT2D eigenvalue weighted by Gasteiger charge is 2.20. The van der Waals surface area contributed by atoms with Crippen molar-refractivity contribution in [2.45, 2.75) is 0 Å². The minimum atomic E-state index is 0.602. The maximum absolute atomic E-state index is 6.20. The minimum Gasteiger partial charge on any atom is -0.436 e. The van der Waals surface area contributed by atoms with E-state index in [0.29, 0.717) is 11.8 Å². The Hall–Kier alpha value is -8.52. The molecular weight excluding hydrogens is 817 g/mol. The molecule has 0 bridgehead atoms. The third-order valence-corrected chi connectivity index (χ3v) is 13.5. The van der Waals surface area contributed by atoms with Gasteiger partial charge in [-0.2, -0.15) is 0 Å². The van der Waals surface area contributed by atoms with Gasteiger partial charge in [0, 0.05) is 70.5 Å². The van der Waals surface area contributed by atoms with Gasteiger partial charge in [0.15, 0.2) is 11.2 Å². The number of thiophene rings is 1. The predicted molar refractivity (Wildman–Crippen MR) is 270 cm³/mol. The fourth-order valence-electron chi connectivity index (χ4n) is 9.19. The summed E-state index contributed by atoms with van der Waals surface area (Å²) in [5, 5.41) is 7.31. The number of oxazole rings is 2. The average Bonchev–Trinajstić information content (AvgIpc) is 4.10. The van der Waals surface area contributed by atoms with Gasteiger partial charge in [-0.15, -0.1) is 11.3 Å². The van der Waals surface area contributed by atoms with Gasteiger partial charge >= 0.3 is 0 Å². The van der Waals surface area contributed by atoms with Crippen molar-refractivity contribution in [1.82, 2.24) is 9.97 Å². The smallest absolute Gasteiger partial charge is 0.227 e. The van der Waals surface area contributed by atoms with Crippen LogP contribution >= 0.6 is 11.3 Å². The van der Waals surface area contributed by atoms with E-state index >= 15 is 0 Å². The lowest BCUT2D eigenvalue weighted by Crippen LogP contribution is -2.10. The number of aromatic nitrogens is 2. The quantitative estimate of drug-likeness (QED) is 0.152. The molecule has 0 atom stereocenters. The Kier molecular flexibility index (Phi) is 8.60. The lowest BCUT2D eigenvalue weighted by molar-refractivity contribution is 0.619. The molecule has 0 fully saturated rings. The molecule has 0 aliphatic rings. The maximum Gasteiger partial charge on any atom is 0.227 e. The molecule has 10 aromatic carbocycles. The summed E-state index contributed by atoms with van der Waals surface area (Å²) in [7, 11) is 0. The number of hydrogen-bond donors (Lipinski definition) is 0. The Balaban J connectivity index is 0.903. The van der Waals surface area contributed by atoms with E-state index in [0.717, 1.165) is 67.5 Å². The van der Waals surface area contributed by atoms with E-state index in [-0.39, 0.29) is 0 Å². The summed E-state index contributed by atoms with van der Waals surface area (Å²) in [6.07, 6.45) is 0. The highest BCUT2D eigenvalue weighted by atomic mass is 32.1. The summed E-state index contributed by atoms with van der Waals surface area (Å²) < 4.78 is 14.8. The third kappa shape index (κ3) is 6.40. The van der Waals surface area contributed by atoms with Gasteiger partial charge in [0.25, 0.3) is 0 Å². The van der Waals surface area contributed by atoms with Gasteiger partial charge in [0.1, 0.15) is 11.0 Å². The molecule has 65 heavy (non-hydrogen) atoms. The lowest BCUT2D eigenvalue weighted by atomic mass is 10.0. The molecule has 13 rings (SSSR count). The van der Waals surface area contributed by atoms with Crippen LogP contribution in [0.2, 0.25) is 0 Å². The number of benzene rings is 10. The van der Waals surface area contributed by atoms with Crippen LogP contribution in [0.3, 0.4) is 0 Å². The van der Waals surface area contributed by atoms with E-state index < -0.39 is 0 Å². The lowest BCUT2D eigenvalue weighted by Gasteiger charge is -2.27. The summed E-state index contributed by atoms with van der Waals surface area (Å²) in [4.78, 5) is 14.2. The monoisotopic (exact) mass is 852 g/mol. The molecule has 6 nitrogen and oxygen atoms in total. The Morgan fingerprint density at radius 1 is 0.354 bits per heavy atom. The topological polar surface area (TPSA) is 58.5 Å². The van der Waals surface area contributed by atoms with Crippen LogP contribution in [0.4, 0.5) is 34.1 Å². The first-order valence-corrected chi connectivity index (χ1v) is 22.4.